The molecular formula is C11H24N2O2S. The molecule has 0 aromatic carbocycles. The van der Waals surface area contributed by atoms with Crippen molar-refractivity contribution in [3.8, 4) is 0 Å². The van der Waals surface area contributed by atoms with Crippen molar-refractivity contribution in [1.29, 1.82) is 0 Å². The first kappa shape index (κ1) is 15.6. The van der Waals surface area contributed by atoms with Crippen LogP contribution >= 0.6 is 11.8 Å². The third kappa shape index (κ3) is 6.23. The quantitative estimate of drug-likeness (QED) is 0.202. The van der Waals surface area contributed by atoms with Gasteiger partial charge in [0.05, 0.1) is 6.61 Å². The Morgan fingerprint density at radius 3 is 2.56 bits per heavy atom. The molecule has 0 fully saturated rings. The normalized spacial score (nSPS) is 15.1. The van der Waals surface area contributed by atoms with Crippen molar-refractivity contribution in [3.63, 3.8) is 0 Å². The van der Waals surface area contributed by atoms with Gasteiger partial charge in [-0.15, -0.1) is 0 Å². The Kier molecular flexibility index (Phi) is 7.58. The fourth-order valence-electron chi connectivity index (χ4n) is 1.27. The largest absolute Gasteiger partial charge is 0.409 e. The lowest BCUT2D eigenvalue weighted by molar-refractivity contribution is 0.300. The molecule has 0 rings (SSSR count). The third-order valence-corrected chi connectivity index (χ3v) is 3.90. The molecule has 16 heavy (non-hydrogen) atoms. The van der Waals surface area contributed by atoms with Gasteiger partial charge in [-0.2, -0.15) is 11.8 Å². The Balaban J connectivity index is 3.66. The highest BCUT2D eigenvalue weighted by molar-refractivity contribution is 7.99. The first-order valence-electron chi connectivity index (χ1n) is 5.64. The van der Waals surface area contributed by atoms with Gasteiger partial charge in [0.2, 0.25) is 0 Å². The summed E-state index contributed by atoms with van der Waals surface area (Å²) >= 11 is 1.78. The zero-order valence-corrected chi connectivity index (χ0v) is 11.3. The number of hydrogen-bond donors (Lipinski definition) is 3. The van der Waals surface area contributed by atoms with Gasteiger partial charge in [0, 0.05) is 10.7 Å². The summed E-state index contributed by atoms with van der Waals surface area (Å²) in [6.07, 6.45) is 3.06. The molecule has 0 saturated heterocycles. The Hall–Kier alpha value is -0.420. The third-order valence-electron chi connectivity index (χ3n) is 2.66. The highest BCUT2D eigenvalue weighted by Gasteiger charge is 2.22. The molecule has 0 aromatic rings. The second kappa shape index (κ2) is 7.79. The molecule has 0 bridgehead atoms. The number of thioether (sulfide) groups is 1. The zero-order valence-electron chi connectivity index (χ0n) is 10.4. The van der Waals surface area contributed by atoms with Crippen LogP contribution in [0.2, 0.25) is 0 Å². The molecule has 0 amide bonds. The molecule has 0 heterocycles. The smallest absolute Gasteiger partial charge is 0.144 e. The molecule has 5 heteroatoms. The van der Waals surface area contributed by atoms with E-state index in [0.29, 0.717) is 11.1 Å². The fraction of sp³-hybridized carbons (Fsp3) is 0.909. The number of oxime groups is 1. The van der Waals surface area contributed by atoms with Crippen molar-refractivity contribution < 1.29 is 10.3 Å². The topological polar surface area (TPSA) is 78.8 Å². The van der Waals surface area contributed by atoms with E-state index in [-0.39, 0.29) is 12.0 Å². The molecule has 1 unspecified atom stereocenters. The van der Waals surface area contributed by atoms with E-state index >= 15 is 0 Å². The van der Waals surface area contributed by atoms with Crippen LogP contribution in [0.3, 0.4) is 0 Å². The Morgan fingerprint density at radius 2 is 2.06 bits per heavy atom. The van der Waals surface area contributed by atoms with Gasteiger partial charge in [-0.25, -0.2) is 0 Å². The van der Waals surface area contributed by atoms with E-state index in [2.05, 4.69) is 5.16 Å². The van der Waals surface area contributed by atoms with Crippen molar-refractivity contribution in [1.82, 2.24) is 0 Å². The molecular weight excluding hydrogens is 224 g/mol. The molecule has 0 spiro atoms. The predicted octanol–water partition coefficient (Wildman–Crippen LogP) is 2.04. The summed E-state index contributed by atoms with van der Waals surface area (Å²) in [6.45, 7) is 6.21. The van der Waals surface area contributed by atoms with Gasteiger partial charge < -0.3 is 16.0 Å². The van der Waals surface area contributed by atoms with Crippen LogP contribution < -0.4 is 5.73 Å². The zero-order chi connectivity index (χ0) is 12.6. The van der Waals surface area contributed by atoms with Crippen LogP contribution in [0.5, 0.6) is 0 Å². The molecule has 0 aliphatic heterocycles. The van der Waals surface area contributed by atoms with Crippen LogP contribution in [0.15, 0.2) is 5.16 Å². The number of aliphatic hydroxyl groups is 1. The van der Waals surface area contributed by atoms with E-state index in [1.54, 1.807) is 11.8 Å². The molecule has 0 radical (unpaired) electrons. The number of aliphatic hydroxyl groups excluding tert-OH is 1. The Labute approximate surface area is 102 Å². The summed E-state index contributed by atoms with van der Waals surface area (Å²) in [5.74, 6) is 1.34. The van der Waals surface area contributed by atoms with Crippen molar-refractivity contribution >= 4 is 17.6 Å². The minimum absolute atomic E-state index is 0.234. The summed E-state index contributed by atoms with van der Waals surface area (Å²) in [4.78, 5) is 0. The van der Waals surface area contributed by atoms with Gasteiger partial charge in [-0.3, -0.25) is 0 Å². The highest BCUT2D eigenvalue weighted by atomic mass is 32.2. The lowest BCUT2D eigenvalue weighted by atomic mass is 9.86. The maximum absolute atomic E-state index is 8.84. The van der Waals surface area contributed by atoms with Crippen LogP contribution in [0.1, 0.15) is 40.0 Å². The van der Waals surface area contributed by atoms with E-state index in [0.717, 1.165) is 25.0 Å². The Morgan fingerprint density at radius 1 is 1.44 bits per heavy atom. The number of nitrogens with two attached hydrogens (primary N) is 1. The lowest BCUT2D eigenvalue weighted by Crippen LogP contribution is -2.31. The molecule has 0 saturated carbocycles. The molecule has 4 nitrogen and oxygen atoms in total. The summed E-state index contributed by atoms with van der Waals surface area (Å²) in [5.41, 5.74) is 5.36. The standard InChI is InChI=1S/C11H24N2O2S/c1-9(8-14)16-7-5-4-6-11(2,3)10(12)13-15/h9,14-15H,4-8H2,1-3H3,(H2,12,13). The monoisotopic (exact) mass is 248 g/mol. The van der Waals surface area contributed by atoms with Crippen molar-refractivity contribution in [2.75, 3.05) is 12.4 Å². The summed E-state index contributed by atoms with van der Waals surface area (Å²) < 4.78 is 0. The van der Waals surface area contributed by atoms with Crippen LogP contribution in [-0.4, -0.2) is 33.8 Å². The molecule has 0 aliphatic rings. The van der Waals surface area contributed by atoms with Crippen molar-refractivity contribution in [2.24, 2.45) is 16.3 Å². The maximum Gasteiger partial charge on any atom is 0.144 e. The number of unbranched alkanes of at least 4 members (excludes halogenated alkanes) is 1. The van der Waals surface area contributed by atoms with E-state index in [9.17, 15) is 0 Å². The molecule has 1 atom stereocenters. The summed E-state index contributed by atoms with van der Waals surface area (Å²) in [7, 11) is 0. The minimum atomic E-state index is -0.234. The molecule has 4 N–H and O–H groups in total. The van der Waals surface area contributed by atoms with E-state index in [1.807, 2.05) is 20.8 Å². The molecule has 0 aromatic heterocycles. The first-order chi connectivity index (χ1) is 7.44. The number of amidine groups is 1. The predicted molar refractivity (Wildman–Crippen MR) is 70.0 cm³/mol. The van der Waals surface area contributed by atoms with Gasteiger partial charge >= 0.3 is 0 Å². The fourth-order valence-corrected chi connectivity index (χ4v) is 2.15. The van der Waals surface area contributed by atoms with Crippen LogP contribution in [0, 0.1) is 5.41 Å². The van der Waals surface area contributed by atoms with Gasteiger partial charge in [0.15, 0.2) is 0 Å². The van der Waals surface area contributed by atoms with Crippen molar-refractivity contribution in [3.05, 3.63) is 0 Å². The van der Waals surface area contributed by atoms with Crippen LogP contribution in [0.4, 0.5) is 0 Å². The average molecular weight is 248 g/mol. The maximum atomic E-state index is 8.84. The SMILES string of the molecule is CC(CO)SCCCCC(C)(C)C(N)=NO. The van der Waals surface area contributed by atoms with E-state index < -0.39 is 0 Å². The summed E-state index contributed by atoms with van der Waals surface area (Å²) in [5, 5.41) is 20.8. The van der Waals surface area contributed by atoms with Crippen molar-refractivity contribution in [2.45, 2.75) is 45.3 Å². The Bertz CT molecular complexity index is 220. The van der Waals surface area contributed by atoms with Crippen LogP contribution in [-0.2, 0) is 0 Å². The second-order valence-corrected chi connectivity index (χ2v) is 6.24. The first-order valence-corrected chi connectivity index (χ1v) is 6.69. The number of rotatable bonds is 8. The van der Waals surface area contributed by atoms with Gasteiger partial charge in [-0.1, -0.05) is 32.3 Å². The molecule has 0 aliphatic carbocycles. The highest BCUT2D eigenvalue weighted by Crippen LogP contribution is 2.24. The van der Waals surface area contributed by atoms with Gasteiger partial charge in [0.1, 0.15) is 5.84 Å². The number of hydrogen-bond acceptors (Lipinski definition) is 4. The lowest BCUT2D eigenvalue weighted by Gasteiger charge is -2.22. The second-order valence-electron chi connectivity index (χ2n) is 4.69. The van der Waals surface area contributed by atoms with Crippen LogP contribution in [0.25, 0.3) is 0 Å². The average Bonchev–Trinajstić information content (AvgIpc) is 2.26. The van der Waals surface area contributed by atoms with E-state index in [4.69, 9.17) is 16.0 Å². The summed E-state index contributed by atoms with van der Waals surface area (Å²) in [6, 6.07) is 0. The molecule has 96 valence electrons. The van der Waals surface area contributed by atoms with Gasteiger partial charge in [0.25, 0.3) is 0 Å². The number of nitrogens with zero attached hydrogens (tertiary/aromatic N) is 1. The minimum Gasteiger partial charge on any atom is -0.409 e. The van der Waals surface area contributed by atoms with Gasteiger partial charge in [-0.05, 0) is 18.6 Å². The van der Waals surface area contributed by atoms with E-state index in [1.165, 1.54) is 0 Å².